The molecule has 0 spiro atoms. The molecule has 46 valence electrons. The number of ether oxygens (including phenoxy) is 1. The van der Waals surface area contributed by atoms with Gasteiger partial charge in [0.05, 0.1) is 6.61 Å². The van der Waals surface area contributed by atoms with Crippen LogP contribution in [0.2, 0.25) is 0 Å². The molecule has 0 aliphatic heterocycles. The van der Waals surface area contributed by atoms with Crippen molar-refractivity contribution in [2.45, 2.75) is 6.92 Å². The highest BCUT2D eigenvalue weighted by atomic mass is 16.5. The zero-order valence-corrected chi connectivity index (χ0v) is 4.97. The number of nitrogens with zero attached hydrogens (tertiary/aromatic N) is 1. The third kappa shape index (κ3) is 4.37. The second-order valence-electron chi connectivity index (χ2n) is 1.08. The van der Waals surface area contributed by atoms with Crippen molar-refractivity contribution in [3.63, 3.8) is 0 Å². The van der Waals surface area contributed by atoms with Gasteiger partial charge in [-0.2, -0.15) is 5.26 Å². The van der Waals surface area contributed by atoms with Crippen LogP contribution in [0.3, 0.4) is 0 Å². The fourth-order valence-corrected chi connectivity index (χ4v) is 0.246. The largest absolute Gasteiger partial charge is 0.456 e. The van der Waals surface area contributed by atoms with Gasteiger partial charge in [0.1, 0.15) is 0 Å². The van der Waals surface area contributed by atoms with Crippen LogP contribution in [0.5, 0.6) is 0 Å². The molecule has 0 fully saturated rings. The van der Waals surface area contributed by atoms with E-state index in [4.69, 9.17) is 5.26 Å². The molecule has 0 aromatic heterocycles. The summed E-state index contributed by atoms with van der Waals surface area (Å²) in [5, 5.41) is 7.85. The third-order valence-corrected chi connectivity index (χ3v) is 0.496. The Morgan fingerprint density at radius 2 is 2.44 bits per heavy atom. The lowest BCUT2D eigenvalue weighted by molar-refractivity contribution is -0.136. The average Bonchev–Trinajstić information content (AvgIpc) is 1.85. The Bertz CT molecular complexity index is 191. The Labute approximate surface area is 53.2 Å². The van der Waals surface area contributed by atoms with E-state index in [1.54, 1.807) is 6.92 Å². The molecule has 0 aromatic carbocycles. The first kappa shape index (κ1) is 7.52. The summed E-state index contributed by atoms with van der Waals surface area (Å²) in [7, 11) is 0. The maximum absolute atomic E-state index is 10.3. The molecule has 0 saturated carbocycles. The summed E-state index contributed by atoms with van der Waals surface area (Å²) in [5.74, 6) is 3.22. The quantitative estimate of drug-likeness (QED) is 0.282. The Balaban J connectivity index is 3.66. The van der Waals surface area contributed by atoms with Crippen LogP contribution in [0, 0.1) is 23.2 Å². The highest BCUT2D eigenvalue weighted by Gasteiger charge is 1.89. The maximum atomic E-state index is 10.3. The molecule has 3 nitrogen and oxygen atoms in total. The number of hydrogen-bond acceptors (Lipinski definition) is 3. The van der Waals surface area contributed by atoms with Crippen LogP contribution in [0.4, 0.5) is 0 Å². The van der Waals surface area contributed by atoms with E-state index < -0.39 is 5.97 Å². The fourth-order valence-electron chi connectivity index (χ4n) is 0.246. The Morgan fingerprint density at radius 3 is 2.89 bits per heavy atom. The molecule has 0 bridgehead atoms. The second kappa shape index (κ2) is 4.67. The van der Waals surface area contributed by atoms with Crippen molar-refractivity contribution in [3.8, 4) is 17.9 Å². The van der Waals surface area contributed by atoms with Crippen LogP contribution in [0.25, 0.3) is 0 Å². The Morgan fingerprint density at radius 1 is 1.78 bits per heavy atom. The number of nitriles is 1. The van der Waals surface area contributed by atoms with Crippen molar-refractivity contribution in [1.82, 2.24) is 0 Å². The number of carbonyl (C=O) groups is 1. The molecule has 0 aliphatic rings. The van der Waals surface area contributed by atoms with Gasteiger partial charge in [0.2, 0.25) is 0 Å². The van der Waals surface area contributed by atoms with Crippen LogP contribution in [0.1, 0.15) is 6.92 Å². The minimum atomic E-state index is -0.654. The van der Waals surface area contributed by atoms with E-state index in [9.17, 15) is 4.79 Å². The highest BCUT2D eigenvalue weighted by molar-refractivity contribution is 5.88. The molecule has 0 heterocycles. The van der Waals surface area contributed by atoms with Crippen LogP contribution in [-0.2, 0) is 9.53 Å². The lowest BCUT2D eigenvalue weighted by Gasteiger charge is -1.88. The molecule has 0 saturated heterocycles. The number of carbonyl (C=O) groups excluding carboxylic acids is 1. The van der Waals surface area contributed by atoms with E-state index in [1.165, 1.54) is 6.07 Å². The van der Waals surface area contributed by atoms with Crippen molar-refractivity contribution in [3.05, 3.63) is 0 Å². The lowest BCUT2D eigenvalue weighted by atomic mass is 10.6. The Hall–Kier alpha value is -1.48. The van der Waals surface area contributed by atoms with E-state index in [2.05, 4.69) is 4.74 Å². The summed E-state index contributed by atoms with van der Waals surface area (Å²) in [5.41, 5.74) is 0. The summed E-state index contributed by atoms with van der Waals surface area (Å²) >= 11 is 0. The van der Waals surface area contributed by atoms with E-state index in [-0.39, 0.29) is 0 Å². The van der Waals surface area contributed by atoms with Gasteiger partial charge in [0.15, 0.2) is 6.07 Å². The lowest BCUT2D eigenvalue weighted by Crippen LogP contribution is -1.98. The number of hydrogen-bond donors (Lipinski definition) is 0. The van der Waals surface area contributed by atoms with Gasteiger partial charge in [-0.1, -0.05) is 0 Å². The minimum Gasteiger partial charge on any atom is -0.456 e. The minimum absolute atomic E-state index is 0.291. The molecule has 0 unspecified atom stereocenters. The predicted octanol–water partition coefficient (Wildman–Crippen LogP) is 0.0765. The first-order chi connectivity index (χ1) is 4.31. The van der Waals surface area contributed by atoms with Gasteiger partial charge in [0, 0.05) is 11.8 Å². The van der Waals surface area contributed by atoms with Crippen LogP contribution in [0.15, 0.2) is 0 Å². The molecule has 0 rings (SSSR count). The van der Waals surface area contributed by atoms with Gasteiger partial charge in [-0.05, 0) is 6.92 Å². The van der Waals surface area contributed by atoms with Gasteiger partial charge < -0.3 is 4.74 Å². The monoisotopic (exact) mass is 123 g/mol. The van der Waals surface area contributed by atoms with E-state index >= 15 is 0 Å². The highest BCUT2D eigenvalue weighted by Crippen LogP contribution is 1.72. The van der Waals surface area contributed by atoms with Crippen molar-refractivity contribution in [1.29, 1.82) is 5.26 Å². The standard InChI is InChI=1S/C6H5NO2/c1-2-9-6(8)4-3-5-7/h2H2,1H3. The summed E-state index contributed by atoms with van der Waals surface area (Å²) in [6.45, 7) is 1.96. The van der Waals surface area contributed by atoms with Gasteiger partial charge in [-0.25, -0.2) is 4.79 Å². The smallest absolute Gasteiger partial charge is 0.385 e. The summed E-state index contributed by atoms with van der Waals surface area (Å²) in [4.78, 5) is 10.3. The van der Waals surface area contributed by atoms with Crippen molar-refractivity contribution < 1.29 is 9.53 Å². The zero-order chi connectivity index (χ0) is 7.11. The topological polar surface area (TPSA) is 50.1 Å². The molecule has 0 atom stereocenters. The summed E-state index contributed by atoms with van der Waals surface area (Å²) < 4.78 is 4.38. The first-order valence-corrected chi connectivity index (χ1v) is 2.38. The van der Waals surface area contributed by atoms with Crippen molar-refractivity contribution in [2.24, 2.45) is 0 Å². The number of rotatable bonds is 1. The van der Waals surface area contributed by atoms with E-state index in [0.717, 1.165) is 0 Å². The van der Waals surface area contributed by atoms with Gasteiger partial charge >= 0.3 is 5.97 Å². The van der Waals surface area contributed by atoms with Crippen LogP contribution >= 0.6 is 0 Å². The maximum Gasteiger partial charge on any atom is 0.385 e. The molecule has 0 aromatic rings. The molecular weight excluding hydrogens is 118 g/mol. The van der Waals surface area contributed by atoms with Crippen molar-refractivity contribution in [2.75, 3.05) is 6.61 Å². The van der Waals surface area contributed by atoms with Gasteiger partial charge in [-0.3, -0.25) is 0 Å². The first-order valence-electron chi connectivity index (χ1n) is 2.38. The van der Waals surface area contributed by atoms with Gasteiger partial charge in [0.25, 0.3) is 0 Å². The summed E-state index contributed by atoms with van der Waals surface area (Å²) in [6.07, 6.45) is 0. The van der Waals surface area contributed by atoms with Crippen molar-refractivity contribution >= 4 is 5.97 Å². The van der Waals surface area contributed by atoms with Crippen LogP contribution in [-0.4, -0.2) is 12.6 Å². The summed E-state index contributed by atoms with van der Waals surface area (Å²) in [6, 6.07) is 1.50. The SMILES string of the molecule is CCOC(=O)C#CC#N. The van der Waals surface area contributed by atoms with Gasteiger partial charge in [-0.15, -0.1) is 0 Å². The molecule has 0 amide bonds. The van der Waals surface area contributed by atoms with E-state index in [0.29, 0.717) is 6.61 Å². The molecule has 9 heavy (non-hydrogen) atoms. The molecule has 0 aliphatic carbocycles. The van der Waals surface area contributed by atoms with Crippen LogP contribution < -0.4 is 0 Å². The van der Waals surface area contributed by atoms with E-state index in [1.807, 2.05) is 11.8 Å². The molecule has 0 N–H and O–H groups in total. The molecular formula is C6H5NO2. The molecule has 3 heteroatoms. The zero-order valence-electron chi connectivity index (χ0n) is 4.97. The third-order valence-electron chi connectivity index (χ3n) is 0.496. The second-order valence-corrected chi connectivity index (χ2v) is 1.08. The normalized spacial score (nSPS) is 6.22. The number of esters is 1. The fraction of sp³-hybridized carbons (Fsp3) is 0.333. The molecule has 0 radical (unpaired) electrons. The average molecular weight is 123 g/mol. The predicted molar refractivity (Wildman–Crippen MR) is 30.0 cm³/mol. The Kier molecular flexibility index (Phi) is 3.90.